The number of hydrogen-bond donors (Lipinski definition) is 0. The van der Waals surface area contributed by atoms with Crippen LogP contribution in [0, 0.1) is 6.57 Å². The van der Waals surface area contributed by atoms with Crippen LogP contribution in [0.25, 0.3) is 4.85 Å². The Bertz CT molecular complexity index is 148. The van der Waals surface area contributed by atoms with Crippen molar-refractivity contribution < 1.29 is 4.74 Å². The number of methoxy groups -OCH3 is 1. The van der Waals surface area contributed by atoms with Crippen molar-refractivity contribution in [1.82, 2.24) is 0 Å². The Morgan fingerprint density at radius 2 is 2.00 bits per heavy atom. The lowest BCUT2D eigenvalue weighted by molar-refractivity contribution is 0.128. The van der Waals surface area contributed by atoms with Crippen molar-refractivity contribution in [1.29, 1.82) is 0 Å². The fraction of sp³-hybridized carbons (Fsp3) is 0.889. The Labute approximate surface area is 68.4 Å². The molecule has 0 bridgehead atoms. The van der Waals surface area contributed by atoms with E-state index in [9.17, 15) is 0 Å². The van der Waals surface area contributed by atoms with Crippen LogP contribution in [-0.4, -0.2) is 19.3 Å². The van der Waals surface area contributed by atoms with E-state index in [1.807, 2.05) is 0 Å². The molecular weight excluding hydrogens is 138 g/mol. The average Bonchev–Trinajstić information content (AvgIpc) is 2.07. The van der Waals surface area contributed by atoms with E-state index in [1.165, 1.54) is 19.3 Å². The molecule has 11 heavy (non-hydrogen) atoms. The number of nitrogens with zero attached hydrogens (tertiary/aromatic N) is 1. The Balaban J connectivity index is 2.51. The summed E-state index contributed by atoms with van der Waals surface area (Å²) in [5, 5.41) is 0. The first-order valence-corrected chi connectivity index (χ1v) is 4.20. The Kier molecular flexibility index (Phi) is 2.90. The zero-order chi connectivity index (χ0) is 8.16. The molecule has 0 aliphatic heterocycles. The zero-order valence-corrected chi connectivity index (χ0v) is 7.10. The number of ether oxygens (including phenoxy) is 1. The lowest BCUT2D eigenvalue weighted by Crippen LogP contribution is -2.32. The predicted molar refractivity (Wildman–Crippen MR) is 44.3 cm³/mol. The third-order valence-electron chi connectivity index (χ3n) is 2.43. The van der Waals surface area contributed by atoms with E-state index in [4.69, 9.17) is 11.3 Å². The van der Waals surface area contributed by atoms with Crippen molar-refractivity contribution in [3.05, 3.63) is 11.4 Å². The molecule has 0 unspecified atom stereocenters. The van der Waals surface area contributed by atoms with Gasteiger partial charge in [-0.15, -0.1) is 0 Å². The third-order valence-corrected chi connectivity index (χ3v) is 2.43. The van der Waals surface area contributed by atoms with Crippen LogP contribution in [-0.2, 0) is 4.74 Å². The lowest BCUT2D eigenvalue weighted by Gasteiger charge is -2.24. The van der Waals surface area contributed by atoms with Crippen LogP contribution in [0.4, 0.5) is 0 Å². The molecule has 1 rings (SSSR count). The van der Waals surface area contributed by atoms with Crippen LogP contribution in [0.1, 0.15) is 32.1 Å². The molecule has 1 saturated carbocycles. The van der Waals surface area contributed by atoms with E-state index in [-0.39, 0.29) is 5.54 Å². The molecule has 0 amide bonds. The van der Waals surface area contributed by atoms with Crippen molar-refractivity contribution in [2.45, 2.75) is 37.6 Å². The van der Waals surface area contributed by atoms with E-state index in [0.717, 1.165) is 12.8 Å². The van der Waals surface area contributed by atoms with Crippen LogP contribution in [0.15, 0.2) is 0 Å². The highest BCUT2D eigenvalue weighted by atomic mass is 16.5. The molecule has 0 aromatic rings. The first-order chi connectivity index (χ1) is 5.33. The van der Waals surface area contributed by atoms with E-state index in [1.54, 1.807) is 7.11 Å². The van der Waals surface area contributed by atoms with Gasteiger partial charge in [0.25, 0.3) is 5.54 Å². The lowest BCUT2D eigenvalue weighted by atomic mass is 9.83. The predicted octanol–water partition coefficient (Wildman–Crippen LogP) is 2.25. The highest BCUT2D eigenvalue weighted by molar-refractivity contribution is 5.00. The summed E-state index contributed by atoms with van der Waals surface area (Å²) in [6.45, 7) is 7.72. The average molecular weight is 153 g/mol. The van der Waals surface area contributed by atoms with Gasteiger partial charge in [0.1, 0.15) is 6.61 Å². The van der Waals surface area contributed by atoms with Gasteiger partial charge < -0.3 is 9.58 Å². The molecule has 0 heterocycles. The van der Waals surface area contributed by atoms with Gasteiger partial charge >= 0.3 is 0 Å². The van der Waals surface area contributed by atoms with Gasteiger partial charge in [-0.3, -0.25) is 0 Å². The van der Waals surface area contributed by atoms with Crippen molar-refractivity contribution in [2.75, 3.05) is 13.7 Å². The van der Waals surface area contributed by atoms with Crippen molar-refractivity contribution >= 4 is 0 Å². The van der Waals surface area contributed by atoms with E-state index < -0.39 is 0 Å². The number of rotatable bonds is 2. The van der Waals surface area contributed by atoms with Crippen LogP contribution < -0.4 is 0 Å². The summed E-state index contributed by atoms with van der Waals surface area (Å²) in [5.41, 5.74) is -0.160. The standard InChI is InChI=1S/C9H15NO/c1-10-9(8-11-2)6-4-3-5-7-9/h3-8H2,2H3. The van der Waals surface area contributed by atoms with Gasteiger partial charge in [-0.1, -0.05) is 6.42 Å². The molecular formula is C9H15NO. The summed E-state index contributed by atoms with van der Waals surface area (Å²) in [7, 11) is 1.68. The van der Waals surface area contributed by atoms with E-state index >= 15 is 0 Å². The van der Waals surface area contributed by atoms with Gasteiger partial charge in [-0.2, -0.15) is 0 Å². The molecule has 0 aromatic carbocycles. The molecule has 0 saturated heterocycles. The third kappa shape index (κ3) is 1.94. The summed E-state index contributed by atoms with van der Waals surface area (Å²) in [6, 6.07) is 0. The minimum atomic E-state index is -0.160. The Hall–Kier alpha value is -0.550. The molecule has 0 spiro atoms. The first kappa shape index (κ1) is 8.55. The molecule has 1 aliphatic carbocycles. The SMILES string of the molecule is [C-]#[N+]C1(COC)CCCCC1. The maximum absolute atomic E-state index is 7.09. The largest absolute Gasteiger partial charge is 0.376 e. The molecule has 0 N–H and O–H groups in total. The summed E-state index contributed by atoms with van der Waals surface area (Å²) in [5.74, 6) is 0. The monoisotopic (exact) mass is 153 g/mol. The van der Waals surface area contributed by atoms with Crippen LogP contribution in [0.2, 0.25) is 0 Å². The van der Waals surface area contributed by atoms with Gasteiger partial charge in [0.2, 0.25) is 0 Å². The smallest absolute Gasteiger partial charge is 0.255 e. The second-order valence-corrected chi connectivity index (χ2v) is 3.33. The molecule has 1 fully saturated rings. The molecule has 2 heteroatoms. The maximum atomic E-state index is 7.09. The van der Waals surface area contributed by atoms with Crippen LogP contribution in [0.5, 0.6) is 0 Å². The normalized spacial score (nSPS) is 22.5. The second kappa shape index (κ2) is 3.73. The minimum absolute atomic E-state index is 0.160. The highest BCUT2D eigenvalue weighted by Crippen LogP contribution is 2.31. The van der Waals surface area contributed by atoms with Crippen molar-refractivity contribution in [2.24, 2.45) is 0 Å². The number of hydrogen-bond acceptors (Lipinski definition) is 1. The molecule has 2 nitrogen and oxygen atoms in total. The highest BCUT2D eigenvalue weighted by Gasteiger charge is 2.37. The summed E-state index contributed by atoms with van der Waals surface area (Å²) >= 11 is 0. The maximum Gasteiger partial charge on any atom is 0.255 e. The van der Waals surface area contributed by atoms with Crippen LogP contribution >= 0.6 is 0 Å². The summed E-state index contributed by atoms with van der Waals surface area (Å²) in [4.78, 5) is 3.69. The molecule has 1 aliphatic rings. The van der Waals surface area contributed by atoms with E-state index in [2.05, 4.69) is 4.85 Å². The summed E-state index contributed by atoms with van der Waals surface area (Å²) in [6.07, 6.45) is 5.76. The fourth-order valence-corrected chi connectivity index (χ4v) is 1.77. The molecule has 62 valence electrons. The van der Waals surface area contributed by atoms with Crippen LogP contribution in [0.3, 0.4) is 0 Å². The fourth-order valence-electron chi connectivity index (χ4n) is 1.77. The quantitative estimate of drug-likeness (QED) is 0.555. The van der Waals surface area contributed by atoms with Crippen molar-refractivity contribution in [3.63, 3.8) is 0 Å². The van der Waals surface area contributed by atoms with Gasteiger partial charge in [0.15, 0.2) is 0 Å². The second-order valence-electron chi connectivity index (χ2n) is 3.33. The Morgan fingerprint density at radius 3 is 2.45 bits per heavy atom. The van der Waals surface area contributed by atoms with Gasteiger partial charge in [-0.05, 0) is 12.8 Å². The van der Waals surface area contributed by atoms with Gasteiger partial charge in [0.05, 0.1) is 0 Å². The van der Waals surface area contributed by atoms with Gasteiger partial charge in [-0.25, -0.2) is 6.57 Å². The zero-order valence-electron chi connectivity index (χ0n) is 7.10. The minimum Gasteiger partial charge on any atom is -0.376 e. The topological polar surface area (TPSA) is 13.6 Å². The first-order valence-electron chi connectivity index (χ1n) is 4.20. The van der Waals surface area contributed by atoms with E-state index in [0.29, 0.717) is 6.61 Å². The summed E-state index contributed by atoms with van der Waals surface area (Å²) < 4.78 is 5.06. The van der Waals surface area contributed by atoms with Gasteiger partial charge in [0, 0.05) is 20.0 Å². The molecule has 0 atom stereocenters. The van der Waals surface area contributed by atoms with Crippen molar-refractivity contribution in [3.8, 4) is 0 Å². The molecule has 0 aromatic heterocycles. The Morgan fingerprint density at radius 1 is 1.36 bits per heavy atom. The molecule has 0 radical (unpaired) electrons.